The molecular weight excluding hydrogens is 194 g/mol. The van der Waals surface area contributed by atoms with Crippen LogP contribution in [0.1, 0.15) is 25.3 Å². The summed E-state index contributed by atoms with van der Waals surface area (Å²) in [5.41, 5.74) is 7.39. The molecule has 1 nitrogen and oxygen atoms in total. The summed E-state index contributed by atoms with van der Waals surface area (Å²) in [5, 5.41) is 0.815. The number of hydrogen-bond acceptors (Lipinski definition) is 1. The first-order valence-corrected chi connectivity index (χ1v) is 5.50. The molecule has 1 aliphatic carbocycles. The van der Waals surface area contributed by atoms with Crippen LogP contribution in [0.3, 0.4) is 0 Å². The highest BCUT2D eigenvalue weighted by Gasteiger charge is 2.42. The monoisotopic (exact) mass is 209 g/mol. The standard InChI is InChI=1S/C12H16ClN/c1-9-6-12(7-9,8-14)10-3-2-4-11(13)5-10/h2-5,9H,6-8,14H2,1H3. The van der Waals surface area contributed by atoms with Crippen LogP contribution in [-0.4, -0.2) is 6.54 Å². The van der Waals surface area contributed by atoms with E-state index in [1.165, 1.54) is 18.4 Å². The van der Waals surface area contributed by atoms with Gasteiger partial charge in [-0.05, 0) is 36.5 Å². The van der Waals surface area contributed by atoms with Crippen molar-refractivity contribution in [3.05, 3.63) is 34.9 Å². The van der Waals surface area contributed by atoms with Gasteiger partial charge in [0.25, 0.3) is 0 Å². The summed E-state index contributed by atoms with van der Waals surface area (Å²) >= 11 is 5.98. The third kappa shape index (κ3) is 1.55. The first-order chi connectivity index (χ1) is 6.66. The van der Waals surface area contributed by atoms with Gasteiger partial charge in [-0.2, -0.15) is 0 Å². The predicted molar refractivity (Wildman–Crippen MR) is 60.6 cm³/mol. The lowest BCUT2D eigenvalue weighted by molar-refractivity contribution is 0.165. The van der Waals surface area contributed by atoms with E-state index in [9.17, 15) is 0 Å². The van der Waals surface area contributed by atoms with Crippen LogP contribution in [0.2, 0.25) is 5.02 Å². The van der Waals surface area contributed by atoms with E-state index in [4.69, 9.17) is 17.3 Å². The second kappa shape index (κ2) is 3.56. The maximum Gasteiger partial charge on any atom is 0.0408 e. The smallest absolute Gasteiger partial charge is 0.0408 e. The van der Waals surface area contributed by atoms with Crippen LogP contribution >= 0.6 is 11.6 Å². The Hall–Kier alpha value is -0.530. The molecule has 76 valence electrons. The zero-order valence-corrected chi connectivity index (χ0v) is 9.22. The van der Waals surface area contributed by atoms with Crippen LogP contribution in [-0.2, 0) is 5.41 Å². The average Bonchev–Trinajstić information content (AvgIpc) is 2.12. The number of rotatable bonds is 2. The van der Waals surface area contributed by atoms with Crippen molar-refractivity contribution in [3.8, 4) is 0 Å². The Morgan fingerprint density at radius 1 is 1.50 bits per heavy atom. The SMILES string of the molecule is CC1CC(CN)(c2cccc(Cl)c2)C1. The topological polar surface area (TPSA) is 26.0 Å². The molecule has 0 atom stereocenters. The summed E-state index contributed by atoms with van der Waals surface area (Å²) in [6.45, 7) is 3.01. The molecule has 0 bridgehead atoms. The van der Waals surface area contributed by atoms with Gasteiger partial charge in [-0.25, -0.2) is 0 Å². The van der Waals surface area contributed by atoms with E-state index in [1.54, 1.807) is 0 Å². The lowest BCUT2D eigenvalue weighted by atomic mass is 9.59. The Morgan fingerprint density at radius 2 is 2.21 bits per heavy atom. The van der Waals surface area contributed by atoms with Crippen LogP contribution in [0.4, 0.5) is 0 Å². The van der Waals surface area contributed by atoms with Gasteiger partial charge in [-0.1, -0.05) is 30.7 Å². The fourth-order valence-electron chi connectivity index (χ4n) is 2.61. The van der Waals surface area contributed by atoms with Crippen LogP contribution in [0.25, 0.3) is 0 Å². The van der Waals surface area contributed by atoms with Crippen molar-refractivity contribution in [1.82, 2.24) is 0 Å². The molecule has 0 unspecified atom stereocenters. The molecule has 2 heteroatoms. The van der Waals surface area contributed by atoms with Gasteiger partial charge < -0.3 is 5.73 Å². The van der Waals surface area contributed by atoms with Gasteiger partial charge in [0.05, 0.1) is 0 Å². The maximum absolute atomic E-state index is 5.98. The van der Waals surface area contributed by atoms with E-state index in [1.807, 2.05) is 12.1 Å². The van der Waals surface area contributed by atoms with Crippen molar-refractivity contribution in [3.63, 3.8) is 0 Å². The molecule has 0 heterocycles. The first-order valence-electron chi connectivity index (χ1n) is 5.12. The van der Waals surface area contributed by atoms with Gasteiger partial charge in [0.1, 0.15) is 0 Å². The summed E-state index contributed by atoms with van der Waals surface area (Å²) in [6.07, 6.45) is 2.40. The largest absolute Gasteiger partial charge is 0.330 e. The number of benzene rings is 1. The second-order valence-electron chi connectivity index (χ2n) is 4.51. The third-order valence-corrected chi connectivity index (χ3v) is 3.54. The molecule has 1 aromatic carbocycles. The van der Waals surface area contributed by atoms with E-state index in [0.29, 0.717) is 0 Å². The molecule has 0 saturated heterocycles. The quantitative estimate of drug-likeness (QED) is 0.797. The fourth-order valence-corrected chi connectivity index (χ4v) is 2.80. The van der Waals surface area contributed by atoms with Crippen LogP contribution in [0, 0.1) is 5.92 Å². The second-order valence-corrected chi connectivity index (χ2v) is 4.94. The molecule has 2 N–H and O–H groups in total. The third-order valence-electron chi connectivity index (χ3n) is 3.31. The number of halogens is 1. The van der Waals surface area contributed by atoms with Crippen LogP contribution in [0.5, 0.6) is 0 Å². The maximum atomic E-state index is 5.98. The Labute approximate surface area is 90.3 Å². The van der Waals surface area contributed by atoms with E-state index in [0.717, 1.165) is 17.5 Å². The highest BCUT2D eigenvalue weighted by atomic mass is 35.5. The van der Waals surface area contributed by atoms with Crippen molar-refractivity contribution in [2.45, 2.75) is 25.2 Å². The summed E-state index contributed by atoms with van der Waals surface area (Å²) in [5.74, 6) is 0.803. The number of nitrogens with two attached hydrogens (primary N) is 1. The van der Waals surface area contributed by atoms with Crippen LogP contribution in [0.15, 0.2) is 24.3 Å². The van der Waals surface area contributed by atoms with Gasteiger partial charge >= 0.3 is 0 Å². The molecule has 1 aromatic rings. The van der Waals surface area contributed by atoms with Crippen molar-refractivity contribution in [2.24, 2.45) is 11.7 Å². The van der Waals surface area contributed by atoms with Crippen molar-refractivity contribution < 1.29 is 0 Å². The Morgan fingerprint density at radius 3 is 2.71 bits per heavy atom. The van der Waals surface area contributed by atoms with Gasteiger partial charge in [0.2, 0.25) is 0 Å². The van der Waals surface area contributed by atoms with Gasteiger partial charge in [-0.3, -0.25) is 0 Å². The van der Waals surface area contributed by atoms with Gasteiger partial charge in [0, 0.05) is 17.0 Å². The lowest BCUT2D eigenvalue weighted by Crippen LogP contribution is -2.46. The van der Waals surface area contributed by atoms with E-state index in [-0.39, 0.29) is 5.41 Å². The Bertz CT molecular complexity index is 329. The van der Waals surface area contributed by atoms with E-state index in [2.05, 4.69) is 19.1 Å². The Kier molecular flexibility index (Phi) is 2.54. The minimum atomic E-state index is 0.213. The molecule has 1 fully saturated rings. The van der Waals surface area contributed by atoms with E-state index < -0.39 is 0 Å². The molecule has 0 amide bonds. The molecule has 0 aliphatic heterocycles. The Balaban J connectivity index is 2.29. The fraction of sp³-hybridized carbons (Fsp3) is 0.500. The molecule has 1 saturated carbocycles. The summed E-state index contributed by atoms with van der Waals surface area (Å²) in [4.78, 5) is 0. The average molecular weight is 210 g/mol. The summed E-state index contributed by atoms with van der Waals surface area (Å²) < 4.78 is 0. The molecule has 1 aliphatic rings. The van der Waals surface area contributed by atoms with Gasteiger partial charge in [0.15, 0.2) is 0 Å². The predicted octanol–water partition coefficient (Wildman–Crippen LogP) is 2.97. The summed E-state index contributed by atoms with van der Waals surface area (Å²) in [6, 6.07) is 8.13. The molecular formula is C12H16ClN. The molecule has 0 aromatic heterocycles. The normalized spacial score (nSPS) is 31.2. The van der Waals surface area contributed by atoms with Crippen LogP contribution < -0.4 is 5.73 Å². The molecule has 0 radical (unpaired) electrons. The molecule has 0 spiro atoms. The summed E-state index contributed by atoms with van der Waals surface area (Å²) in [7, 11) is 0. The highest BCUT2D eigenvalue weighted by Crippen LogP contribution is 2.47. The van der Waals surface area contributed by atoms with Crippen molar-refractivity contribution in [1.29, 1.82) is 0 Å². The molecule has 14 heavy (non-hydrogen) atoms. The zero-order chi connectivity index (χ0) is 10.2. The zero-order valence-electron chi connectivity index (χ0n) is 8.46. The van der Waals surface area contributed by atoms with Crippen molar-refractivity contribution in [2.75, 3.05) is 6.54 Å². The van der Waals surface area contributed by atoms with Crippen molar-refractivity contribution >= 4 is 11.6 Å². The van der Waals surface area contributed by atoms with E-state index >= 15 is 0 Å². The minimum Gasteiger partial charge on any atom is -0.330 e. The first kappa shape index (κ1) is 10.0. The highest BCUT2D eigenvalue weighted by molar-refractivity contribution is 6.30. The lowest BCUT2D eigenvalue weighted by Gasteiger charge is -2.46. The molecule has 2 rings (SSSR count). The van der Waals surface area contributed by atoms with Gasteiger partial charge in [-0.15, -0.1) is 0 Å². The minimum absolute atomic E-state index is 0.213. The number of hydrogen-bond donors (Lipinski definition) is 1.